The van der Waals surface area contributed by atoms with Gasteiger partial charge in [0.1, 0.15) is 0 Å². The number of nitro benzene ring substituents is 1. The summed E-state index contributed by atoms with van der Waals surface area (Å²) in [7, 11) is 0. The first-order chi connectivity index (χ1) is 9.15. The van der Waals surface area contributed by atoms with Crippen LogP contribution in [0.15, 0.2) is 24.3 Å². The lowest BCUT2D eigenvalue weighted by Crippen LogP contribution is -2.34. The molecule has 0 bridgehead atoms. The number of nitrogens with zero attached hydrogens (tertiary/aromatic N) is 1. The molecule has 0 aliphatic heterocycles. The molecule has 0 aliphatic carbocycles. The maximum absolute atomic E-state index is 11.4. The highest BCUT2D eigenvalue weighted by Gasteiger charge is 2.11. The lowest BCUT2D eigenvalue weighted by molar-refractivity contribution is -0.385. The summed E-state index contributed by atoms with van der Waals surface area (Å²) in [5.41, 5.74) is 0.648. The van der Waals surface area contributed by atoms with E-state index in [1.165, 1.54) is 6.07 Å². The highest BCUT2D eigenvalue weighted by atomic mass is 16.6. The average Bonchev–Trinajstić information content (AvgIpc) is 2.39. The number of nitro groups is 1. The molecule has 0 spiro atoms. The molecule has 19 heavy (non-hydrogen) atoms. The summed E-state index contributed by atoms with van der Waals surface area (Å²) in [6, 6.07) is 6.50. The van der Waals surface area contributed by atoms with Gasteiger partial charge in [0, 0.05) is 24.7 Å². The number of para-hydroxylation sites is 1. The number of unbranched alkanes of at least 4 members (excludes halogenated alkanes) is 1. The Kier molecular flexibility index (Phi) is 6.52. The lowest BCUT2D eigenvalue weighted by atomic mass is 10.2. The van der Waals surface area contributed by atoms with Crippen LogP contribution in [0.1, 0.15) is 25.3 Å². The van der Waals surface area contributed by atoms with Gasteiger partial charge < -0.3 is 10.6 Å². The highest BCUT2D eigenvalue weighted by molar-refractivity contribution is 5.77. The molecule has 0 saturated carbocycles. The zero-order chi connectivity index (χ0) is 14.1. The third-order valence-corrected chi connectivity index (χ3v) is 2.64. The van der Waals surface area contributed by atoms with Crippen molar-refractivity contribution in [2.45, 2.75) is 26.3 Å². The summed E-state index contributed by atoms with van der Waals surface area (Å²) >= 11 is 0. The van der Waals surface area contributed by atoms with Crippen LogP contribution in [0.4, 0.5) is 5.69 Å². The van der Waals surface area contributed by atoms with Crippen LogP contribution in [0.3, 0.4) is 0 Å². The molecule has 1 rings (SSSR count). The first kappa shape index (κ1) is 15.1. The standard InChI is InChI=1S/C13H19N3O3/c1-2-3-8-15-13(17)10-14-9-11-6-4-5-7-12(11)16(18)19/h4-7,14H,2-3,8-10H2,1H3,(H,15,17). The van der Waals surface area contributed by atoms with E-state index in [0.29, 0.717) is 18.7 Å². The fourth-order valence-corrected chi connectivity index (χ4v) is 1.62. The van der Waals surface area contributed by atoms with Crippen molar-refractivity contribution in [1.29, 1.82) is 0 Å². The van der Waals surface area contributed by atoms with E-state index >= 15 is 0 Å². The van der Waals surface area contributed by atoms with Gasteiger partial charge in [-0.3, -0.25) is 14.9 Å². The molecule has 1 amide bonds. The van der Waals surface area contributed by atoms with E-state index in [0.717, 1.165) is 12.8 Å². The van der Waals surface area contributed by atoms with Gasteiger partial charge in [0.2, 0.25) is 5.91 Å². The predicted molar refractivity (Wildman–Crippen MR) is 72.7 cm³/mol. The van der Waals surface area contributed by atoms with Gasteiger partial charge in [0.05, 0.1) is 11.5 Å². The summed E-state index contributed by atoms with van der Waals surface area (Å²) < 4.78 is 0. The molecule has 1 aromatic rings. The Morgan fingerprint density at radius 3 is 2.79 bits per heavy atom. The Labute approximate surface area is 112 Å². The molecule has 0 aliphatic rings. The van der Waals surface area contributed by atoms with E-state index in [1.807, 2.05) is 0 Å². The number of rotatable bonds is 8. The van der Waals surface area contributed by atoms with Crippen molar-refractivity contribution in [3.63, 3.8) is 0 Å². The van der Waals surface area contributed by atoms with Crippen molar-refractivity contribution in [3.8, 4) is 0 Å². The van der Waals surface area contributed by atoms with Crippen LogP contribution in [-0.2, 0) is 11.3 Å². The van der Waals surface area contributed by atoms with E-state index in [2.05, 4.69) is 17.6 Å². The number of nitrogens with one attached hydrogen (secondary N) is 2. The van der Waals surface area contributed by atoms with Crippen molar-refractivity contribution in [1.82, 2.24) is 10.6 Å². The second kappa shape index (κ2) is 8.20. The van der Waals surface area contributed by atoms with Crippen molar-refractivity contribution in [2.24, 2.45) is 0 Å². The van der Waals surface area contributed by atoms with Gasteiger partial charge in [-0.15, -0.1) is 0 Å². The highest BCUT2D eigenvalue weighted by Crippen LogP contribution is 2.16. The van der Waals surface area contributed by atoms with Crippen LogP contribution in [0, 0.1) is 10.1 Å². The summed E-state index contributed by atoms with van der Waals surface area (Å²) in [5, 5.41) is 16.5. The number of carbonyl (C=O) groups excluding carboxylic acids is 1. The Bertz CT molecular complexity index is 435. The number of hydrogen-bond donors (Lipinski definition) is 2. The fraction of sp³-hybridized carbons (Fsp3) is 0.462. The minimum atomic E-state index is -0.418. The molecule has 0 fully saturated rings. The SMILES string of the molecule is CCCCNC(=O)CNCc1ccccc1[N+](=O)[O-]. The molecular formula is C13H19N3O3. The molecule has 1 aromatic carbocycles. The van der Waals surface area contributed by atoms with Gasteiger partial charge in [-0.1, -0.05) is 31.5 Å². The number of benzene rings is 1. The van der Waals surface area contributed by atoms with E-state index in [1.54, 1.807) is 18.2 Å². The number of hydrogen-bond acceptors (Lipinski definition) is 4. The Hall–Kier alpha value is -1.95. The molecule has 0 radical (unpaired) electrons. The van der Waals surface area contributed by atoms with Gasteiger partial charge in [0.25, 0.3) is 5.69 Å². The predicted octanol–water partition coefficient (Wildman–Crippen LogP) is 1.60. The van der Waals surface area contributed by atoms with Gasteiger partial charge in [-0.05, 0) is 6.42 Å². The molecule has 104 valence electrons. The minimum absolute atomic E-state index is 0.0707. The molecule has 0 heterocycles. The maximum Gasteiger partial charge on any atom is 0.273 e. The van der Waals surface area contributed by atoms with Crippen molar-refractivity contribution in [2.75, 3.05) is 13.1 Å². The fourth-order valence-electron chi connectivity index (χ4n) is 1.62. The minimum Gasteiger partial charge on any atom is -0.355 e. The zero-order valence-electron chi connectivity index (χ0n) is 11.0. The second-order valence-corrected chi connectivity index (χ2v) is 4.19. The van der Waals surface area contributed by atoms with Crippen LogP contribution in [0.25, 0.3) is 0 Å². The van der Waals surface area contributed by atoms with Crippen LogP contribution < -0.4 is 10.6 Å². The molecular weight excluding hydrogens is 246 g/mol. The van der Waals surface area contributed by atoms with E-state index in [9.17, 15) is 14.9 Å². The van der Waals surface area contributed by atoms with Gasteiger partial charge in [0.15, 0.2) is 0 Å². The Morgan fingerprint density at radius 2 is 2.11 bits per heavy atom. The first-order valence-electron chi connectivity index (χ1n) is 6.35. The van der Waals surface area contributed by atoms with Crippen LogP contribution in [-0.4, -0.2) is 23.9 Å². The van der Waals surface area contributed by atoms with Crippen molar-refractivity contribution < 1.29 is 9.72 Å². The molecule has 0 aromatic heterocycles. The quantitative estimate of drug-likeness (QED) is 0.425. The number of carbonyl (C=O) groups is 1. The van der Waals surface area contributed by atoms with E-state index in [-0.39, 0.29) is 18.1 Å². The number of amides is 1. The third-order valence-electron chi connectivity index (χ3n) is 2.64. The first-order valence-corrected chi connectivity index (χ1v) is 6.35. The lowest BCUT2D eigenvalue weighted by Gasteiger charge is -2.06. The third kappa shape index (κ3) is 5.48. The monoisotopic (exact) mass is 265 g/mol. The van der Waals surface area contributed by atoms with E-state index < -0.39 is 4.92 Å². The van der Waals surface area contributed by atoms with Crippen LogP contribution in [0.2, 0.25) is 0 Å². The van der Waals surface area contributed by atoms with E-state index in [4.69, 9.17) is 0 Å². The summed E-state index contributed by atoms with van der Waals surface area (Å²) in [6.45, 7) is 3.19. The zero-order valence-corrected chi connectivity index (χ0v) is 11.0. The van der Waals surface area contributed by atoms with Crippen LogP contribution >= 0.6 is 0 Å². The Morgan fingerprint density at radius 1 is 1.37 bits per heavy atom. The van der Waals surface area contributed by atoms with Gasteiger partial charge in [-0.2, -0.15) is 0 Å². The smallest absolute Gasteiger partial charge is 0.273 e. The summed E-state index contributed by atoms with van der Waals surface area (Å²) in [6.07, 6.45) is 1.99. The molecule has 0 saturated heterocycles. The molecule has 2 N–H and O–H groups in total. The van der Waals surface area contributed by atoms with Gasteiger partial charge in [-0.25, -0.2) is 0 Å². The second-order valence-electron chi connectivity index (χ2n) is 4.19. The largest absolute Gasteiger partial charge is 0.355 e. The molecule has 6 nitrogen and oxygen atoms in total. The topological polar surface area (TPSA) is 84.3 Å². The summed E-state index contributed by atoms with van der Waals surface area (Å²) in [4.78, 5) is 21.8. The van der Waals surface area contributed by atoms with Crippen LogP contribution in [0.5, 0.6) is 0 Å². The maximum atomic E-state index is 11.4. The normalized spacial score (nSPS) is 10.2. The Balaban J connectivity index is 2.37. The van der Waals surface area contributed by atoms with Crippen molar-refractivity contribution in [3.05, 3.63) is 39.9 Å². The molecule has 0 unspecified atom stereocenters. The average molecular weight is 265 g/mol. The van der Waals surface area contributed by atoms with Crippen molar-refractivity contribution >= 4 is 11.6 Å². The van der Waals surface area contributed by atoms with Gasteiger partial charge >= 0.3 is 0 Å². The molecule has 6 heteroatoms. The summed E-state index contributed by atoms with van der Waals surface area (Å²) in [5.74, 6) is -0.0907. The molecule has 0 atom stereocenters.